The zero-order chi connectivity index (χ0) is 18.7. The molecule has 1 aromatic heterocycles. The molecule has 136 valence electrons. The molecule has 1 amide bonds. The molecule has 0 aliphatic rings. The normalized spacial score (nSPS) is 11.6. The van der Waals surface area contributed by atoms with Crippen LogP contribution in [-0.4, -0.2) is 37.1 Å². The number of fused-ring (bicyclic) bond motifs is 1. The van der Waals surface area contributed by atoms with Gasteiger partial charge >= 0.3 is 0 Å². The summed E-state index contributed by atoms with van der Waals surface area (Å²) in [5.41, 5.74) is 3.06. The van der Waals surface area contributed by atoms with Crippen LogP contribution in [0.3, 0.4) is 0 Å². The molecule has 0 atom stereocenters. The minimum atomic E-state index is -3.34. The SMILES string of the molecule is Cc1ccc(S(C)(=O)=O)cc1C(=O)NCCCc1nc2ccccc2[nH]1. The summed E-state index contributed by atoms with van der Waals surface area (Å²) >= 11 is 0. The standard InChI is InChI=1S/C19H21N3O3S/c1-13-9-10-14(26(2,24)25)12-15(13)19(23)20-11-5-8-18-21-16-6-3-4-7-17(16)22-18/h3-4,6-7,9-10,12H,5,8,11H2,1-2H3,(H,20,23)(H,21,22). The van der Waals surface area contributed by atoms with Crippen molar-refractivity contribution in [1.82, 2.24) is 15.3 Å². The number of nitrogens with zero attached hydrogens (tertiary/aromatic N) is 1. The number of hydrogen-bond donors (Lipinski definition) is 2. The molecular weight excluding hydrogens is 350 g/mol. The molecule has 0 bridgehead atoms. The molecule has 0 spiro atoms. The quantitative estimate of drug-likeness (QED) is 0.652. The van der Waals surface area contributed by atoms with Gasteiger partial charge in [-0.3, -0.25) is 4.79 Å². The molecule has 0 radical (unpaired) electrons. The Bertz CT molecular complexity index is 1020. The highest BCUT2D eigenvalue weighted by Crippen LogP contribution is 2.16. The number of rotatable bonds is 6. The van der Waals surface area contributed by atoms with Crippen LogP contribution in [0.2, 0.25) is 0 Å². The van der Waals surface area contributed by atoms with Crippen molar-refractivity contribution in [3.63, 3.8) is 0 Å². The van der Waals surface area contributed by atoms with E-state index in [1.54, 1.807) is 13.0 Å². The van der Waals surface area contributed by atoms with E-state index in [-0.39, 0.29) is 10.8 Å². The third-order valence-corrected chi connectivity index (χ3v) is 5.31. The molecule has 3 aromatic rings. The van der Waals surface area contributed by atoms with Crippen molar-refractivity contribution in [3.05, 3.63) is 59.4 Å². The van der Waals surface area contributed by atoms with Crippen LogP contribution in [0.1, 0.15) is 28.2 Å². The molecule has 6 nitrogen and oxygen atoms in total. The number of amides is 1. The van der Waals surface area contributed by atoms with Gasteiger partial charge in [-0.1, -0.05) is 18.2 Å². The lowest BCUT2D eigenvalue weighted by Crippen LogP contribution is -2.25. The third kappa shape index (κ3) is 4.11. The first-order chi connectivity index (χ1) is 12.3. The minimum Gasteiger partial charge on any atom is -0.352 e. The summed E-state index contributed by atoms with van der Waals surface area (Å²) in [6.45, 7) is 2.27. The number of H-pyrrole nitrogens is 1. The maximum atomic E-state index is 12.4. The minimum absolute atomic E-state index is 0.149. The van der Waals surface area contributed by atoms with Crippen molar-refractivity contribution in [2.45, 2.75) is 24.7 Å². The number of aromatic nitrogens is 2. The molecule has 0 saturated carbocycles. The third-order valence-electron chi connectivity index (χ3n) is 4.20. The summed E-state index contributed by atoms with van der Waals surface area (Å²) in [6.07, 6.45) is 2.58. The second kappa shape index (κ2) is 7.29. The van der Waals surface area contributed by atoms with Crippen LogP contribution in [0.25, 0.3) is 11.0 Å². The lowest BCUT2D eigenvalue weighted by molar-refractivity contribution is 0.0952. The largest absolute Gasteiger partial charge is 0.352 e. The van der Waals surface area contributed by atoms with Crippen LogP contribution in [0.15, 0.2) is 47.4 Å². The van der Waals surface area contributed by atoms with Gasteiger partial charge in [0.05, 0.1) is 15.9 Å². The monoisotopic (exact) mass is 371 g/mol. The van der Waals surface area contributed by atoms with E-state index in [2.05, 4.69) is 15.3 Å². The summed E-state index contributed by atoms with van der Waals surface area (Å²) in [6, 6.07) is 12.4. The van der Waals surface area contributed by atoms with Gasteiger partial charge in [0, 0.05) is 24.8 Å². The maximum absolute atomic E-state index is 12.4. The smallest absolute Gasteiger partial charge is 0.251 e. The summed E-state index contributed by atoms with van der Waals surface area (Å²) in [7, 11) is -3.34. The van der Waals surface area contributed by atoms with Gasteiger partial charge in [0.25, 0.3) is 5.91 Å². The molecule has 2 N–H and O–H groups in total. The molecule has 7 heteroatoms. The highest BCUT2D eigenvalue weighted by molar-refractivity contribution is 7.90. The van der Waals surface area contributed by atoms with E-state index < -0.39 is 9.84 Å². The van der Waals surface area contributed by atoms with E-state index in [1.807, 2.05) is 24.3 Å². The van der Waals surface area contributed by atoms with Gasteiger partial charge in [-0.15, -0.1) is 0 Å². The Morgan fingerprint density at radius 2 is 1.96 bits per heavy atom. The number of sulfone groups is 1. The van der Waals surface area contributed by atoms with Crippen LogP contribution in [0.4, 0.5) is 0 Å². The van der Waals surface area contributed by atoms with Crippen molar-refractivity contribution >= 4 is 26.8 Å². The predicted octanol–water partition coefficient (Wildman–Crippen LogP) is 2.64. The van der Waals surface area contributed by atoms with Gasteiger partial charge in [0.15, 0.2) is 9.84 Å². The Labute approximate surface area is 152 Å². The molecule has 1 heterocycles. The highest BCUT2D eigenvalue weighted by Gasteiger charge is 2.14. The molecule has 3 rings (SSSR count). The van der Waals surface area contributed by atoms with Crippen LogP contribution >= 0.6 is 0 Å². The number of imidazole rings is 1. The number of carbonyl (C=O) groups excluding carboxylic acids is 1. The van der Waals surface area contributed by atoms with E-state index in [1.165, 1.54) is 12.1 Å². The topological polar surface area (TPSA) is 91.9 Å². The first-order valence-electron chi connectivity index (χ1n) is 8.37. The fourth-order valence-electron chi connectivity index (χ4n) is 2.75. The summed E-state index contributed by atoms with van der Waals surface area (Å²) in [5.74, 6) is 0.619. The van der Waals surface area contributed by atoms with E-state index in [4.69, 9.17) is 0 Å². The molecule has 0 fully saturated rings. The Morgan fingerprint density at radius 3 is 2.69 bits per heavy atom. The predicted molar refractivity (Wildman–Crippen MR) is 101 cm³/mol. The Morgan fingerprint density at radius 1 is 1.19 bits per heavy atom. The van der Waals surface area contributed by atoms with Crippen molar-refractivity contribution in [3.8, 4) is 0 Å². The van der Waals surface area contributed by atoms with Gasteiger partial charge in [-0.2, -0.15) is 0 Å². The van der Waals surface area contributed by atoms with Crippen molar-refractivity contribution in [2.75, 3.05) is 12.8 Å². The van der Waals surface area contributed by atoms with Crippen molar-refractivity contribution in [2.24, 2.45) is 0 Å². The van der Waals surface area contributed by atoms with Gasteiger partial charge in [-0.05, 0) is 43.2 Å². The highest BCUT2D eigenvalue weighted by atomic mass is 32.2. The summed E-state index contributed by atoms with van der Waals surface area (Å²) < 4.78 is 23.3. The van der Waals surface area contributed by atoms with Gasteiger partial charge in [0.1, 0.15) is 5.82 Å². The molecule has 2 aromatic carbocycles. The first-order valence-corrected chi connectivity index (χ1v) is 10.3. The van der Waals surface area contributed by atoms with E-state index in [0.717, 1.165) is 41.5 Å². The van der Waals surface area contributed by atoms with Gasteiger partial charge in [-0.25, -0.2) is 13.4 Å². The Balaban J connectivity index is 1.59. The lowest BCUT2D eigenvalue weighted by Gasteiger charge is -2.09. The Hall–Kier alpha value is -2.67. The number of aryl methyl sites for hydroxylation is 2. The van der Waals surface area contributed by atoms with Gasteiger partial charge in [0.2, 0.25) is 0 Å². The van der Waals surface area contributed by atoms with Crippen LogP contribution in [0.5, 0.6) is 0 Å². The summed E-state index contributed by atoms with van der Waals surface area (Å²) in [4.78, 5) is 20.3. The van der Waals surface area contributed by atoms with E-state index in [9.17, 15) is 13.2 Å². The number of aromatic amines is 1. The average Bonchev–Trinajstić information content (AvgIpc) is 3.00. The molecule has 0 aliphatic carbocycles. The van der Waals surface area contributed by atoms with E-state index in [0.29, 0.717) is 12.1 Å². The second-order valence-corrected chi connectivity index (χ2v) is 8.32. The average molecular weight is 371 g/mol. The molecule has 26 heavy (non-hydrogen) atoms. The molecule has 0 aliphatic heterocycles. The zero-order valence-corrected chi connectivity index (χ0v) is 15.6. The summed E-state index contributed by atoms with van der Waals surface area (Å²) in [5, 5.41) is 2.85. The Kier molecular flexibility index (Phi) is 5.08. The van der Waals surface area contributed by atoms with Crippen LogP contribution < -0.4 is 5.32 Å². The zero-order valence-electron chi connectivity index (χ0n) is 14.7. The molecule has 0 unspecified atom stereocenters. The lowest BCUT2D eigenvalue weighted by atomic mass is 10.1. The maximum Gasteiger partial charge on any atom is 0.251 e. The van der Waals surface area contributed by atoms with Crippen LogP contribution in [-0.2, 0) is 16.3 Å². The number of hydrogen-bond acceptors (Lipinski definition) is 4. The van der Waals surface area contributed by atoms with Crippen molar-refractivity contribution < 1.29 is 13.2 Å². The number of para-hydroxylation sites is 2. The fraction of sp³-hybridized carbons (Fsp3) is 0.263. The fourth-order valence-corrected chi connectivity index (χ4v) is 3.40. The second-order valence-electron chi connectivity index (χ2n) is 6.31. The van der Waals surface area contributed by atoms with Crippen molar-refractivity contribution in [1.29, 1.82) is 0 Å². The number of benzene rings is 2. The molecular formula is C19H21N3O3S. The van der Waals surface area contributed by atoms with Gasteiger partial charge < -0.3 is 10.3 Å². The number of carbonyl (C=O) groups is 1. The molecule has 0 saturated heterocycles. The van der Waals surface area contributed by atoms with E-state index >= 15 is 0 Å². The number of nitrogens with one attached hydrogen (secondary N) is 2. The first kappa shape index (κ1) is 18.1. The van der Waals surface area contributed by atoms with Crippen LogP contribution in [0, 0.1) is 6.92 Å².